The number of amidine groups is 1. The van der Waals surface area contributed by atoms with E-state index in [2.05, 4.69) is 10.3 Å². The molecule has 1 fully saturated rings. The summed E-state index contributed by atoms with van der Waals surface area (Å²) in [4.78, 5) is 16.9. The highest BCUT2D eigenvalue weighted by Gasteiger charge is 2.23. The highest BCUT2D eigenvalue weighted by molar-refractivity contribution is 8.18. The molecule has 0 bridgehead atoms. The van der Waals surface area contributed by atoms with Gasteiger partial charge in [-0.15, -0.1) is 0 Å². The molecular formula is C16H10Cl2N2OS. The molecule has 2 aromatic carbocycles. The van der Waals surface area contributed by atoms with Crippen LogP contribution in [0, 0.1) is 0 Å². The average Bonchev–Trinajstić information content (AvgIpc) is 2.79. The maximum Gasteiger partial charge on any atom is 0.264 e. The first-order chi connectivity index (χ1) is 10.6. The summed E-state index contributed by atoms with van der Waals surface area (Å²) in [6, 6.07) is 14.5. The van der Waals surface area contributed by atoms with Crippen molar-refractivity contribution in [1.82, 2.24) is 5.32 Å². The van der Waals surface area contributed by atoms with Crippen molar-refractivity contribution >= 4 is 57.8 Å². The van der Waals surface area contributed by atoms with Crippen LogP contribution in [-0.4, -0.2) is 11.1 Å². The fraction of sp³-hybridized carbons (Fsp3) is 0. The van der Waals surface area contributed by atoms with Crippen molar-refractivity contribution in [3.63, 3.8) is 0 Å². The molecule has 1 saturated heterocycles. The summed E-state index contributed by atoms with van der Waals surface area (Å²) in [5.74, 6) is -0.175. The van der Waals surface area contributed by atoms with Gasteiger partial charge in [-0.25, -0.2) is 4.99 Å². The second-order valence-corrected chi connectivity index (χ2v) is 6.42. The van der Waals surface area contributed by atoms with Crippen molar-refractivity contribution in [3.8, 4) is 0 Å². The van der Waals surface area contributed by atoms with E-state index in [-0.39, 0.29) is 5.91 Å². The summed E-state index contributed by atoms with van der Waals surface area (Å²) in [5, 5.41) is 4.50. The van der Waals surface area contributed by atoms with E-state index in [1.54, 1.807) is 30.3 Å². The first kappa shape index (κ1) is 15.2. The van der Waals surface area contributed by atoms with Crippen LogP contribution in [0.2, 0.25) is 10.0 Å². The van der Waals surface area contributed by atoms with Crippen molar-refractivity contribution in [3.05, 3.63) is 69.0 Å². The van der Waals surface area contributed by atoms with E-state index in [0.717, 1.165) is 5.56 Å². The van der Waals surface area contributed by atoms with Gasteiger partial charge in [0.2, 0.25) is 0 Å². The van der Waals surface area contributed by atoms with Gasteiger partial charge in [-0.3, -0.25) is 4.79 Å². The number of rotatable bonds is 2. The molecule has 110 valence electrons. The molecule has 3 rings (SSSR count). The number of carbonyl (C=O) groups is 1. The lowest BCUT2D eigenvalue weighted by Gasteiger charge is -1.96. The van der Waals surface area contributed by atoms with Crippen LogP contribution in [0.5, 0.6) is 0 Å². The van der Waals surface area contributed by atoms with Crippen LogP contribution >= 0.6 is 35.0 Å². The third-order valence-corrected chi connectivity index (χ3v) is 4.22. The second-order valence-electron chi connectivity index (χ2n) is 4.52. The minimum atomic E-state index is -0.175. The molecule has 0 radical (unpaired) electrons. The minimum Gasteiger partial charge on any atom is -0.300 e. The van der Waals surface area contributed by atoms with E-state index in [9.17, 15) is 4.79 Å². The standard InChI is InChI=1S/C16H10Cl2N2OS/c17-11-4-1-3-10(7-11)8-14-15(21)20-16(22-14)19-13-6-2-5-12(18)9-13/h1-9H,(H,19,20,21)/b14-8+. The van der Waals surface area contributed by atoms with Crippen molar-refractivity contribution < 1.29 is 4.79 Å². The predicted molar refractivity (Wildman–Crippen MR) is 93.7 cm³/mol. The summed E-state index contributed by atoms with van der Waals surface area (Å²) >= 11 is 13.2. The lowest BCUT2D eigenvalue weighted by Crippen LogP contribution is -2.19. The number of carbonyl (C=O) groups excluding carboxylic acids is 1. The maximum atomic E-state index is 12.0. The van der Waals surface area contributed by atoms with Crippen molar-refractivity contribution in [2.45, 2.75) is 0 Å². The molecule has 1 heterocycles. The van der Waals surface area contributed by atoms with Gasteiger partial charge >= 0.3 is 0 Å². The molecule has 22 heavy (non-hydrogen) atoms. The molecule has 2 aromatic rings. The van der Waals surface area contributed by atoms with Gasteiger partial charge in [0, 0.05) is 10.0 Å². The Labute approximate surface area is 142 Å². The van der Waals surface area contributed by atoms with Gasteiger partial charge in [-0.05, 0) is 53.7 Å². The van der Waals surface area contributed by atoms with Crippen molar-refractivity contribution in [1.29, 1.82) is 0 Å². The lowest BCUT2D eigenvalue weighted by molar-refractivity contribution is -0.115. The van der Waals surface area contributed by atoms with Gasteiger partial charge in [0.25, 0.3) is 5.91 Å². The van der Waals surface area contributed by atoms with E-state index in [1.807, 2.05) is 24.3 Å². The van der Waals surface area contributed by atoms with Crippen LogP contribution in [0.1, 0.15) is 5.56 Å². The van der Waals surface area contributed by atoms with Crippen LogP contribution < -0.4 is 5.32 Å². The van der Waals surface area contributed by atoms with E-state index in [1.165, 1.54) is 11.8 Å². The smallest absolute Gasteiger partial charge is 0.264 e. The predicted octanol–water partition coefficient (Wildman–Crippen LogP) is 4.89. The normalized spacial score (nSPS) is 18.0. The Morgan fingerprint density at radius 2 is 1.77 bits per heavy atom. The van der Waals surface area contributed by atoms with Crippen LogP contribution in [0.4, 0.5) is 5.69 Å². The molecule has 6 heteroatoms. The van der Waals surface area contributed by atoms with Crippen LogP contribution in [0.25, 0.3) is 6.08 Å². The Kier molecular flexibility index (Phi) is 4.52. The van der Waals surface area contributed by atoms with Crippen LogP contribution in [-0.2, 0) is 4.79 Å². The second kappa shape index (κ2) is 6.57. The van der Waals surface area contributed by atoms with E-state index in [4.69, 9.17) is 23.2 Å². The van der Waals surface area contributed by atoms with Gasteiger partial charge in [-0.1, -0.05) is 41.4 Å². The monoisotopic (exact) mass is 348 g/mol. The molecule has 0 atom stereocenters. The number of benzene rings is 2. The van der Waals surface area contributed by atoms with Crippen LogP contribution in [0.3, 0.4) is 0 Å². The number of hydrogen-bond acceptors (Lipinski definition) is 3. The fourth-order valence-corrected chi connectivity index (χ4v) is 3.12. The van der Waals surface area contributed by atoms with Gasteiger partial charge in [-0.2, -0.15) is 0 Å². The topological polar surface area (TPSA) is 41.5 Å². The number of nitrogens with zero attached hydrogens (tertiary/aromatic N) is 1. The number of thioether (sulfide) groups is 1. The molecule has 0 aliphatic carbocycles. The SMILES string of the molecule is O=C1NC(=Nc2cccc(Cl)c2)S/C1=C/c1cccc(Cl)c1. The van der Waals surface area contributed by atoms with Gasteiger partial charge < -0.3 is 5.32 Å². The molecule has 3 nitrogen and oxygen atoms in total. The molecule has 1 amide bonds. The first-order valence-electron chi connectivity index (χ1n) is 6.41. The molecule has 0 unspecified atom stereocenters. The van der Waals surface area contributed by atoms with E-state index in [0.29, 0.717) is 25.8 Å². The molecule has 0 aromatic heterocycles. The zero-order valence-corrected chi connectivity index (χ0v) is 13.5. The Morgan fingerprint density at radius 1 is 1.05 bits per heavy atom. The minimum absolute atomic E-state index is 0.175. The molecule has 1 aliphatic heterocycles. The largest absolute Gasteiger partial charge is 0.300 e. The first-order valence-corrected chi connectivity index (χ1v) is 7.98. The van der Waals surface area contributed by atoms with Crippen molar-refractivity contribution in [2.24, 2.45) is 4.99 Å². The fourth-order valence-electron chi connectivity index (χ4n) is 1.89. The number of amides is 1. The molecular weight excluding hydrogens is 339 g/mol. The number of halogens is 2. The summed E-state index contributed by atoms with van der Waals surface area (Å²) in [6.07, 6.45) is 1.78. The number of aliphatic imine (C=N–C) groups is 1. The summed E-state index contributed by atoms with van der Waals surface area (Å²) < 4.78 is 0. The zero-order valence-electron chi connectivity index (χ0n) is 11.2. The Hall–Kier alpha value is -1.75. The summed E-state index contributed by atoms with van der Waals surface area (Å²) in [5.41, 5.74) is 1.56. The average molecular weight is 349 g/mol. The lowest BCUT2D eigenvalue weighted by atomic mass is 10.2. The number of nitrogens with one attached hydrogen (secondary N) is 1. The highest BCUT2D eigenvalue weighted by Crippen LogP contribution is 2.29. The Balaban J connectivity index is 1.84. The highest BCUT2D eigenvalue weighted by atomic mass is 35.5. The van der Waals surface area contributed by atoms with E-state index < -0.39 is 0 Å². The third kappa shape index (κ3) is 3.71. The molecule has 0 spiro atoms. The van der Waals surface area contributed by atoms with Gasteiger partial charge in [0.15, 0.2) is 5.17 Å². The van der Waals surface area contributed by atoms with Crippen molar-refractivity contribution in [2.75, 3.05) is 0 Å². The molecule has 0 saturated carbocycles. The van der Waals surface area contributed by atoms with Crippen LogP contribution in [0.15, 0.2) is 58.4 Å². The Morgan fingerprint density at radius 3 is 2.50 bits per heavy atom. The Bertz CT molecular complexity index is 802. The number of hydrogen-bond donors (Lipinski definition) is 1. The summed E-state index contributed by atoms with van der Waals surface area (Å²) in [6.45, 7) is 0. The van der Waals surface area contributed by atoms with Gasteiger partial charge in [0.05, 0.1) is 10.6 Å². The quantitative estimate of drug-likeness (QED) is 0.785. The molecule has 1 aliphatic rings. The molecule has 1 N–H and O–H groups in total. The van der Waals surface area contributed by atoms with E-state index >= 15 is 0 Å². The maximum absolute atomic E-state index is 12.0. The zero-order chi connectivity index (χ0) is 15.5. The third-order valence-electron chi connectivity index (χ3n) is 2.84. The summed E-state index contributed by atoms with van der Waals surface area (Å²) in [7, 11) is 0. The van der Waals surface area contributed by atoms with Gasteiger partial charge in [0.1, 0.15) is 0 Å².